The van der Waals surface area contributed by atoms with Crippen molar-refractivity contribution in [1.82, 2.24) is 0 Å². The lowest BCUT2D eigenvalue weighted by molar-refractivity contribution is 0.477. The van der Waals surface area contributed by atoms with E-state index in [2.05, 4.69) is 40.6 Å². The van der Waals surface area contributed by atoms with Gasteiger partial charge in [-0.25, -0.2) is 4.99 Å². The van der Waals surface area contributed by atoms with Crippen LogP contribution >= 0.6 is 0 Å². The monoisotopic (exact) mass is 353 g/mol. The summed E-state index contributed by atoms with van der Waals surface area (Å²) in [6.45, 7) is 0. The molecule has 4 heteroatoms. The molecular formula is C23H19N3O. The van der Waals surface area contributed by atoms with Crippen molar-refractivity contribution in [2.75, 3.05) is 5.32 Å². The third kappa shape index (κ3) is 2.57. The van der Waals surface area contributed by atoms with E-state index in [-0.39, 0.29) is 11.7 Å². The number of aryl methyl sites for hydroxylation is 2. The lowest BCUT2D eigenvalue weighted by Crippen LogP contribution is -2.22. The highest BCUT2D eigenvalue weighted by Gasteiger charge is 2.17. The van der Waals surface area contributed by atoms with Crippen LogP contribution in [0.4, 0.5) is 11.4 Å². The average Bonchev–Trinajstić information content (AvgIpc) is 3.12. The summed E-state index contributed by atoms with van der Waals surface area (Å²) in [5, 5.41) is 18.0. The van der Waals surface area contributed by atoms with Crippen LogP contribution in [0, 0.1) is 0 Å². The Bertz CT molecular complexity index is 1230. The third-order valence-corrected chi connectivity index (χ3v) is 5.26. The molecule has 0 fully saturated rings. The van der Waals surface area contributed by atoms with Gasteiger partial charge in [0.2, 0.25) is 0 Å². The highest BCUT2D eigenvalue weighted by atomic mass is 16.3. The topological polar surface area (TPSA) is 70.6 Å². The number of anilines is 1. The van der Waals surface area contributed by atoms with E-state index in [1.165, 1.54) is 21.9 Å². The Balaban J connectivity index is 1.57. The number of hydrogen-bond donors (Lipinski definition) is 3. The number of phenols is 1. The molecule has 1 aliphatic rings. The number of nitrogens with two attached hydrogens (primary N) is 1. The molecule has 0 amide bonds. The largest absolute Gasteiger partial charge is 0.506 e. The number of guanidine groups is 1. The zero-order chi connectivity index (χ0) is 18.4. The molecule has 4 N–H and O–H groups in total. The van der Waals surface area contributed by atoms with Crippen molar-refractivity contribution >= 4 is 38.9 Å². The standard InChI is InChI=1S/C23H19N3O/c24-23(26-22-17-7-2-1-4-14(17)10-13-20(22)27)25-19-12-9-16-6-3-5-15-8-11-18(19)21(15)16/h1-7,9-10,12-13,27H,8,11H2,(H3,24,25,26). The summed E-state index contributed by atoms with van der Waals surface area (Å²) < 4.78 is 0. The van der Waals surface area contributed by atoms with Gasteiger partial charge in [-0.15, -0.1) is 0 Å². The minimum atomic E-state index is 0.115. The summed E-state index contributed by atoms with van der Waals surface area (Å²) in [7, 11) is 0. The van der Waals surface area contributed by atoms with E-state index in [4.69, 9.17) is 5.73 Å². The fourth-order valence-electron chi connectivity index (χ4n) is 4.03. The summed E-state index contributed by atoms with van der Waals surface area (Å²) in [5.74, 6) is 0.380. The molecule has 0 saturated carbocycles. The normalized spacial score (nSPS) is 13.4. The number of benzene rings is 4. The van der Waals surface area contributed by atoms with Crippen LogP contribution in [0.15, 0.2) is 71.7 Å². The van der Waals surface area contributed by atoms with E-state index >= 15 is 0 Å². The Morgan fingerprint density at radius 1 is 0.889 bits per heavy atom. The van der Waals surface area contributed by atoms with Crippen LogP contribution in [-0.2, 0) is 12.8 Å². The minimum absolute atomic E-state index is 0.115. The molecule has 0 aromatic heterocycles. The second-order valence-electron chi connectivity index (χ2n) is 6.88. The summed E-state index contributed by atoms with van der Waals surface area (Å²) >= 11 is 0. The molecule has 0 bridgehead atoms. The van der Waals surface area contributed by atoms with Gasteiger partial charge >= 0.3 is 0 Å². The Kier molecular flexibility index (Phi) is 3.50. The van der Waals surface area contributed by atoms with Crippen molar-refractivity contribution in [3.8, 4) is 5.75 Å². The Labute approximate surface area is 157 Å². The maximum atomic E-state index is 10.3. The number of rotatable bonds is 2. The molecule has 4 nitrogen and oxygen atoms in total. The van der Waals surface area contributed by atoms with Crippen LogP contribution in [0.1, 0.15) is 11.1 Å². The van der Waals surface area contributed by atoms with Crippen molar-refractivity contribution in [2.24, 2.45) is 10.7 Å². The van der Waals surface area contributed by atoms with Gasteiger partial charge in [-0.05, 0) is 52.3 Å². The van der Waals surface area contributed by atoms with Gasteiger partial charge in [0.15, 0.2) is 5.96 Å². The van der Waals surface area contributed by atoms with E-state index in [0.29, 0.717) is 5.69 Å². The summed E-state index contributed by atoms with van der Waals surface area (Å²) in [5.41, 5.74) is 10.3. The molecule has 0 aliphatic heterocycles. The average molecular weight is 353 g/mol. The van der Waals surface area contributed by atoms with Crippen LogP contribution in [0.25, 0.3) is 21.5 Å². The second kappa shape index (κ2) is 6.02. The van der Waals surface area contributed by atoms with Crippen LogP contribution < -0.4 is 11.1 Å². The molecule has 0 heterocycles. The molecule has 5 rings (SSSR count). The Morgan fingerprint density at radius 3 is 2.63 bits per heavy atom. The SMILES string of the molecule is NC(=Nc1c(O)ccc2ccccc12)Nc1ccc2cccc3c2c1CC3. The molecule has 0 saturated heterocycles. The summed E-state index contributed by atoms with van der Waals surface area (Å²) in [4.78, 5) is 4.49. The minimum Gasteiger partial charge on any atom is -0.506 e. The van der Waals surface area contributed by atoms with E-state index in [1.54, 1.807) is 6.07 Å². The van der Waals surface area contributed by atoms with Crippen LogP contribution in [0.3, 0.4) is 0 Å². The van der Waals surface area contributed by atoms with Gasteiger partial charge in [0.25, 0.3) is 0 Å². The molecule has 27 heavy (non-hydrogen) atoms. The van der Waals surface area contributed by atoms with Gasteiger partial charge in [0, 0.05) is 11.1 Å². The van der Waals surface area contributed by atoms with Crippen molar-refractivity contribution in [1.29, 1.82) is 0 Å². The molecule has 0 radical (unpaired) electrons. The van der Waals surface area contributed by atoms with Crippen molar-refractivity contribution in [3.63, 3.8) is 0 Å². The zero-order valence-electron chi connectivity index (χ0n) is 14.7. The third-order valence-electron chi connectivity index (χ3n) is 5.26. The van der Waals surface area contributed by atoms with E-state index < -0.39 is 0 Å². The number of aromatic hydroxyl groups is 1. The van der Waals surface area contributed by atoms with E-state index in [9.17, 15) is 5.11 Å². The van der Waals surface area contributed by atoms with Crippen molar-refractivity contribution in [3.05, 3.63) is 77.9 Å². The highest BCUT2D eigenvalue weighted by molar-refractivity contribution is 6.03. The number of aliphatic imine (C=N–C) groups is 1. The molecule has 0 unspecified atom stereocenters. The number of nitrogens with zero attached hydrogens (tertiary/aromatic N) is 1. The quantitative estimate of drug-likeness (QED) is 0.356. The van der Waals surface area contributed by atoms with Gasteiger partial charge in [0.1, 0.15) is 11.4 Å². The highest BCUT2D eigenvalue weighted by Crippen LogP contribution is 2.37. The molecule has 0 spiro atoms. The lowest BCUT2D eigenvalue weighted by Gasteiger charge is -2.12. The van der Waals surface area contributed by atoms with Gasteiger partial charge in [-0.2, -0.15) is 0 Å². The Morgan fingerprint density at radius 2 is 1.70 bits per heavy atom. The first-order valence-corrected chi connectivity index (χ1v) is 9.06. The fraction of sp³-hybridized carbons (Fsp3) is 0.0870. The number of phenolic OH excluding ortho intramolecular Hbond substituents is 1. The first kappa shape index (κ1) is 15.7. The lowest BCUT2D eigenvalue weighted by atomic mass is 10.0. The smallest absolute Gasteiger partial charge is 0.198 e. The summed E-state index contributed by atoms with van der Waals surface area (Å²) in [6, 6.07) is 21.9. The van der Waals surface area contributed by atoms with Gasteiger partial charge < -0.3 is 16.2 Å². The van der Waals surface area contributed by atoms with Crippen LogP contribution in [0.5, 0.6) is 5.75 Å². The van der Waals surface area contributed by atoms with Crippen molar-refractivity contribution in [2.45, 2.75) is 12.8 Å². The second-order valence-corrected chi connectivity index (χ2v) is 6.88. The maximum absolute atomic E-state index is 10.3. The first-order chi connectivity index (χ1) is 13.2. The van der Waals surface area contributed by atoms with Crippen LogP contribution in [0.2, 0.25) is 0 Å². The number of nitrogens with one attached hydrogen (secondary N) is 1. The van der Waals surface area contributed by atoms with Crippen molar-refractivity contribution < 1.29 is 5.11 Å². The number of hydrogen-bond acceptors (Lipinski definition) is 2. The van der Waals surface area contributed by atoms with Gasteiger partial charge in [-0.3, -0.25) is 0 Å². The Hall–Kier alpha value is -3.53. The van der Waals surface area contributed by atoms with E-state index in [1.807, 2.05) is 30.3 Å². The molecule has 132 valence electrons. The van der Waals surface area contributed by atoms with E-state index in [0.717, 1.165) is 29.3 Å². The van der Waals surface area contributed by atoms with Gasteiger partial charge in [-0.1, -0.05) is 54.6 Å². The first-order valence-electron chi connectivity index (χ1n) is 9.06. The zero-order valence-corrected chi connectivity index (χ0v) is 14.7. The maximum Gasteiger partial charge on any atom is 0.198 e. The molecule has 1 aliphatic carbocycles. The molecular weight excluding hydrogens is 334 g/mol. The fourth-order valence-corrected chi connectivity index (χ4v) is 4.03. The number of fused-ring (bicyclic) bond motifs is 1. The van der Waals surface area contributed by atoms with Crippen LogP contribution in [-0.4, -0.2) is 11.1 Å². The molecule has 0 atom stereocenters. The van der Waals surface area contributed by atoms with Gasteiger partial charge in [0.05, 0.1) is 0 Å². The summed E-state index contributed by atoms with van der Waals surface area (Å²) in [6.07, 6.45) is 2.04. The predicted molar refractivity (Wildman–Crippen MR) is 112 cm³/mol. The predicted octanol–water partition coefficient (Wildman–Crippen LogP) is 4.86. The molecule has 4 aromatic rings. The molecule has 4 aromatic carbocycles.